The molecule has 0 saturated heterocycles. The topological polar surface area (TPSA) is 89.5 Å². The SMILES string of the molecule is Cc1ccc(CCC(=O)NCCOC(=O)CCS(=O)(=O)c2ccc(C)cc2)cc1. The Hall–Kier alpha value is -2.67. The van der Waals surface area contributed by atoms with Crippen LogP contribution in [0.1, 0.15) is 29.5 Å². The number of nitrogens with one attached hydrogen (secondary N) is 1. The minimum absolute atomic E-state index is 0.0136. The van der Waals surface area contributed by atoms with E-state index in [2.05, 4.69) is 5.32 Å². The molecule has 0 radical (unpaired) electrons. The molecular formula is C22H27NO5S. The van der Waals surface area contributed by atoms with E-state index in [0.29, 0.717) is 12.8 Å². The Balaban J connectivity index is 1.62. The van der Waals surface area contributed by atoms with E-state index < -0.39 is 15.8 Å². The van der Waals surface area contributed by atoms with Crippen molar-refractivity contribution < 1.29 is 22.7 Å². The third-order valence-corrected chi connectivity index (χ3v) is 6.14. The summed E-state index contributed by atoms with van der Waals surface area (Å²) in [4.78, 5) is 23.8. The average Bonchev–Trinajstić information content (AvgIpc) is 2.69. The van der Waals surface area contributed by atoms with E-state index in [0.717, 1.165) is 11.1 Å². The van der Waals surface area contributed by atoms with Crippen molar-refractivity contribution in [3.05, 3.63) is 65.2 Å². The van der Waals surface area contributed by atoms with Gasteiger partial charge in [0.2, 0.25) is 5.91 Å². The van der Waals surface area contributed by atoms with Crippen LogP contribution in [-0.2, 0) is 30.6 Å². The summed E-state index contributed by atoms with van der Waals surface area (Å²) in [6.07, 6.45) is 0.770. The molecule has 2 aromatic carbocycles. The van der Waals surface area contributed by atoms with Gasteiger partial charge < -0.3 is 10.1 Å². The minimum Gasteiger partial charge on any atom is -0.464 e. The predicted molar refractivity (Wildman–Crippen MR) is 111 cm³/mol. The van der Waals surface area contributed by atoms with Crippen LogP contribution in [0, 0.1) is 13.8 Å². The van der Waals surface area contributed by atoms with Crippen LogP contribution in [0.2, 0.25) is 0 Å². The molecule has 2 rings (SSSR count). The lowest BCUT2D eigenvalue weighted by atomic mass is 10.1. The fraction of sp³-hybridized carbons (Fsp3) is 0.364. The second-order valence-corrected chi connectivity index (χ2v) is 9.05. The van der Waals surface area contributed by atoms with E-state index in [-0.39, 0.29) is 36.1 Å². The summed E-state index contributed by atoms with van der Waals surface area (Å²) < 4.78 is 29.4. The highest BCUT2D eigenvalue weighted by Gasteiger charge is 2.17. The van der Waals surface area contributed by atoms with Gasteiger partial charge in [-0.25, -0.2) is 8.42 Å². The number of ether oxygens (including phenoxy) is 1. The molecule has 0 fully saturated rings. The Morgan fingerprint density at radius 1 is 0.897 bits per heavy atom. The summed E-state index contributed by atoms with van der Waals surface area (Å²) >= 11 is 0. The summed E-state index contributed by atoms with van der Waals surface area (Å²) in [6.45, 7) is 4.09. The Bertz CT molecular complexity index is 919. The van der Waals surface area contributed by atoms with Gasteiger partial charge in [-0.05, 0) is 38.0 Å². The molecule has 1 amide bonds. The van der Waals surface area contributed by atoms with E-state index in [1.165, 1.54) is 17.7 Å². The first-order chi connectivity index (χ1) is 13.8. The van der Waals surface area contributed by atoms with E-state index in [1.807, 2.05) is 38.1 Å². The third kappa shape index (κ3) is 8.07. The van der Waals surface area contributed by atoms with Gasteiger partial charge in [0.15, 0.2) is 9.84 Å². The van der Waals surface area contributed by atoms with Crippen LogP contribution in [0.3, 0.4) is 0 Å². The van der Waals surface area contributed by atoms with Crippen LogP contribution >= 0.6 is 0 Å². The van der Waals surface area contributed by atoms with E-state index in [4.69, 9.17) is 4.74 Å². The lowest BCUT2D eigenvalue weighted by Gasteiger charge is -2.08. The van der Waals surface area contributed by atoms with Crippen LogP contribution in [0.25, 0.3) is 0 Å². The molecular weight excluding hydrogens is 390 g/mol. The maximum Gasteiger partial charge on any atom is 0.306 e. The number of benzene rings is 2. The number of carbonyl (C=O) groups excluding carboxylic acids is 2. The summed E-state index contributed by atoms with van der Waals surface area (Å²) in [6, 6.07) is 14.5. The Kier molecular flexibility index (Phi) is 8.39. The molecule has 0 spiro atoms. The van der Waals surface area contributed by atoms with Crippen molar-refractivity contribution in [1.29, 1.82) is 0 Å². The molecule has 0 atom stereocenters. The van der Waals surface area contributed by atoms with Crippen LogP contribution in [0.5, 0.6) is 0 Å². The molecule has 0 aliphatic carbocycles. The summed E-state index contributed by atoms with van der Waals surface area (Å²) in [5.41, 5.74) is 3.22. The highest BCUT2D eigenvalue weighted by atomic mass is 32.2. The molecule has 2 aromatic rings. The van der Waals surface area contributed by atoms with Gasteiger partial charge >= 0.3 is 5.97 Å². The van der Waals surface area contributed by atoms with Gasteiger partial charge in [0, 0.05) is 6.42 Å². The molecule has 0 heterocycles. The van der Waals surface area contributed by atoms with Crippen LogP contribution < -0.4 is 5.32 Å². The van der Waals surface area contributed by atoms with Gasteiger partial charge in [-0.3, -0.25) is 9.59 Å². The van der Waals surface area contributed by atoms with Gasteiger partial charge in [0.1, 0.15) is 6.61 Å². The van der Waals surface area contributed by atoms with E-state index in [9.17, 15) is 18.0 Å². The highest BCUT2D eigenvalue weighted by Crippen LogP contribution is 2.13. The Morgan fingerprint density at radius 2 is 1.48 bits per heavy atom. The fourth-order valence-electron chi connectivity index (χ4n) is 2.61. The molecule has 7 heteroatoms. The van der Waals surface area contributed by atoms with Gasteiger partial charge in [-0.15, -0.1) is 0 Å². The summed E-state index contributed by atoms with van der Waals surface area (Å²) in [5.74, 6) is -1.03. The van der Waals surface area contributed by atoms with E-state index in [1.54, 1.807) is 12.1 Å². The maximum atomic E-state index is 12.2. The smallest absolute Gasteiger partial charge is 0.306 e. The minimum atomic E-state index is -3.52. The number of amides is 1. The lowest BCUT2D eigenvalue weighted by molar-refractivity contribution is -0.143. The number of hydrogen-bond donors (Lipinski definition) is 1. The molecule has 0 aliphatic rings. The monoisotopic (exact) mass is 417 g/mol. The standard InChI is InChI=1S/C22H27NO5S/c1-17-3-7-19(8-4-17)9-12-21(24)23-14-15-28-22(25)13-16-29(26,27)20-10-5-18(2)6-11-20/h3-8,10-11H,9,12-16H2,1-2H3,(H,23,24). The number of sulfone groups is 1. The molecule has 1 N–H and O–H groups in total. The van der Waals surface area contributed by atoms with Crippen LogP contribution in [0.4, 0.5) is 0 Å². The largest absolute Gasteiger partial charge is 0.464 e. The fourth-order valence-corrected chi connectivity index (χ4v) is 3.83. The van der Waals surface area contributed by atoms with Crippen LogP contribution in [0.15, 0.2) is 53.4 Å². The number of rotatable bonds is 10. The van der Waals surface area contributed by atoms with Gasteiger partial charge in [0.25, 0.3) is 0 Å². The number of carbonyl (C=O) groups is 2. The third-order valence-electron chi connectivity index (χ3n) is 4.40. The Morgan fingerprint density at radius 3 is 2.10 bits per heavy atom. The van der Waals surface area contributed by atoms with Crippen molar-refractivity contribution in [1.82, 2.24) is 5.32 Å². The molecule has 0 saturated carbocycles. The molecule has 0 aliphatic heterocycles. The van der Waals surface area contributed by atoms with Gasteiger partial charge in [-0.2, -0.15) is 0 Å². The number of hydrogen-bond acceptors (Lipinski definition) is 5. The molecule has 156 valence electrons. The van der Waals surface area contributed by atoms with Crippen molar-refractivity contribution in [3.8, 4) is 0 Å². The van der Waals surface area contributed by atoms with Crippen molar-refractivity contribution in [2.24, 2.45) is 0 Å². The van der Waals surface area contributed by atoms with Crippen LogP contribution in [-0.4, -0.2) is 39.2 Å². The Labute approximate surface area is 172 Å². The molecule has 0 bridgehead atoms. The summed E-state index contributed by atoms with van der Waals surface area (Å²) in [5, 5.41) is 2.69. The molecule has 29 heavy (non-hydrogen) atoms. The van der Waals surface area contributed by atoms with E-state index >= 15 is 0 Å². The lowest BCUT2D eigenvalue weighted by Crippen LogP contribution is -2.28. The number of esters is 1. The molecule has 0 unspecified atom stereocenters. The number of aryl methyl sites for hydroxylation is 3. The average molecular weight is 418 g/mol. The zero-order valence-electron chi connectivity index (χ0n) is 16.8. The first-order valence-electron chi connectivity index (χ1n) is 9.53. The van der Waals surface area contributed by atoms with Gasteiger partial charge in [-0.1, -0.05) is 47.5 Å². The van der Waals surface area contributed by atoms with Crippen molar-refractivity contribution >= 4 is 21.7 Å². The zero-order valence-corrected chi connectivity index (χ0v) is 17.6. The quantitative estimate of drug-likeness (QED) is 0.474. The summed E-state index contributed by atoms with van der Waals surface area (Å²) in [7, 11) is -3.52. The normalized spacial score (nSPS) is 11.1. The second kappa shape index (κ2) is 10.8. The molecule has 6 nitrogen and oxygen atoms in total. The van der Waals surface area contributed by atoms with Gasteiger partial charge in [0.05, 0.1) is 23.6 Å². The second-order valence-electron chi connectivity index (χ2n) is 6.94. The van der Waals surface area contributed by atoms with Crippen molar-refractivity contribution in [2.45, 2.75) is 38.0 Å². The maximum absolute atomic E-state index is 12.2. The predicted octanol–water partition coefficient (Wildman–Crippen LogP) is 2.76. The zero-order chi connectivity index (χ0) is 21.3. The highest BCUT2D eigenvalue weighted by molar-refractivity contribution is 7.91. The first-order valence-corrected chi connectivity index (χ1v) is 11.2. The first kappa shape index (κ1) is 22.6. The molecule has 0 aromatic heterocycles. The van der Waals surface area contributed by atoms with Crippen molar-refractivity contribution in [3.63, 3.8) is 0 Å². The van der Waals surface area contributed by atoms with Crippen molar-refractivity contribution in [2.75, 3.05) is 18.9 Å².